The number of hydrogen-bond acceptors (Lipinski definition) is 2. The smallest absolute Gasteiger partial charge is 0.384 e. The van der Waals surface area contributed by atoms with E-state index in [-0.39, 0.29) is 36.9 Å². The lowest BCUT2D eigenvalue weighted by molar-refractivity contribution is -0.137. The second kappa shape index (κ2) is 8.50. The predicted molar refractivity (Wildman–Crippen MR) is 87.7 cm³/mol. The Balaban J connectivity index is 1.75. The molecular formula is C18H18F4N2O. The maximum Gasteiger partial charge on any atom is 0.418 e. The molecule has 3 nitrogen and oxygen atoms in total. The first-order chi connectivity index (χ1) is 11.9. The van der Waals surface area contributed by atoms with Crippen LogP contribution in [0.1, 0.15) is 17.5 Å². The van der Waals surface area contributed by atoms with Gasteiger partial charge in [0.1, 0.15) is 5.82 Å². The van der Waals surface area contributed by atoms with Crippen LogP contribution < -0.4 is 10.6 Å². The topological polar surface area (TPSA) is 41.1 Å². The van der Waals surface area contributed by atoms with Crippen LogP contribution in [0.4, 0.5) is 23.2 Å². The molecule has 0 aliphatic carbocycles. The van der Waals surface area contributed by atoms with Gasteiger partial charge in [-0.1, -0.05) is 30.3 Å². The standard InChI is InChI=1S/C18H18F4N2O/c19-15-7-3-1-5-13(15)9-11-24-17(25)10-12-23-16-8-4-2-6-14(16)18(20,21)22/h1-8,23H,9-12H2,(H,24,25). The van der Waals surface area contributed by atoms with Crippen molar-refractivity contribution in [2.24, 2.45) is 0 Å². The molecule has 2 N–H and O–H groups in total. The van der Waals surface area contributed by atoms with Crippen molar-refractivity contribution in [1.29, 1.82) is 0 Å². The van der Waals surface area contributed by atoms with Crippen molar-refractivity contribution in [3.8, 4) is 0 Å². The first-order valence-corrected chi connectivity index (χ1v) is 7.78. The molecule has 0 saturated carbocycles. The predicted octanol–water partition coefficient (Wildman–Crippen LogP) is 4.01. The average Bonchev–Trinajstić information content (AvgIpc) is 2.56. The van der Waals surface area contributed by atoms with Crippen molar-refractivity contribution >= 4 is 11.6 Å². The molecule has 2 aromatic carbocycles. The SMILES string of the molecule is O=C(CCNc1ccccc1C(F)(F)F)NCCc1ccccc1F. The lowest BCUT2D eigenvalue weighted by Crippen LogP contribution is -2.27. The molecule has 25 heavy (non-hydrogen) atoms. The Morgan fingerprint density at radius 1 is 0.960 bits per heavy atom. The van der Waals surface area contributed by atoms with Crippen molar-refractivity contribution < 1.29 is 22.4 Å². The highest BCUT2D eigenvalue weighted by molar-refractivity contribution is 5.76. The molecule has 2 aromatic rings. The van der Waals surface area contributed by atoms with Crippen LogP contribution >= 0.6 is 0 Å². The van der Waals surface area contributed by atoms with Gasteiger partial charge in [-0.25, -0.2) is 4.39 Å². The molecule has 2 rings (SSSR count). The van der Waals surface area contributed by atoms with Gasteiger partial charge in [0.05, 0.1) is 5.56 Å². The summed E-state index contributed by atoms with van der Waals surface area (Å²) >= 11 is 0. The summed E-state index contributed by atoms with van der Waals surface area (Å²) in [5.74, 6) is -0.643. The van der Waals surface area contributed by atoms with Gasteiger partial charge >= 0.3 is 6.18 Å². The Labute approximate surface area is 143 Å². The van der Waals surface area contributed by atoms with Crippen LogP contribution in [-0.4, -0.2) is 19.0 Å². The molecule has 0 aliphatic rings. The molecule has 0 unspecified atom stereocenters. The van der Waals surface area contributed by atoms with E-state index in [0.29, 0.717) is 12.0 Å². The Bertz CT molecular complexity index is 716. The number of alkyl halides is 3. The van der Waals surface area contributed by atoms with Crippen LogP contribution in [0.15, 0.2) is 48.5 Å². The number of para-hydroxylation sites is 1. The summed E-state index contributed by atoms with van der Waals surface area (Å²) in [5.41, 5.74) is -0.329. The highest BCUT2D eigenvalue weighted by Crippen LogP contribution is 2.34. The Morgan fingerprint density at radius 2 is 1.64 bits per heavy atom. The minimum absolute atomic E-state index is 0.0173. The van der Waals surface area contributed by atoms with Gasteiger partial charge in [-0.05, 0) is 30.2 Å². The molecule has 0 heterocycles. The first-order valence-electron chi connectivity index (χ1n) is 7.78. The Hall–Kier alpha value is -2.57. The zero-order valence-corrected chi connectivity index (χ0v) is 13.4. The molecule has 0 spiro atoms. The fourth-order valence-electron chi connectivity index (χ4n) is 2.32. The minimum atomic E-state index is -4.45. The zero-order valence-electron chi connectivity index (χ0n) is 13.4. The molecule has 0 aromatic heterocycles. The van der Waals surface area contributed by atoms with Crippen LogP contribution in [0, 0.1) is 5.82 Å². The van der Waals surface area contributed by atoms with E-state index >= 15 is 0 Å². The summed E-state index contributed by atoms with van der Waals surface area (Å²) in [6.07, 6.45) is -4.09. The van der Waals surface area contributed by atoms with E-state index in [2.05, 4.69) is 10.6 Å². The van der Waals surface area contributed by atoms with Gasteiger partial charge in [0.25, 0.3) is 0 Å². The summed E-state index contributed by atoms with van der Waals surface area (Å²) in [7, 11) is 0. The fraction of sp³-hybridized carbons (Fsp3) is 0.278. The van der Waals surface area contributed by atoms with Crippen LogP contribution in [-0.2, 0) is 17.4 Å². The molecule has 0 saturated heterocycles. The summed E-state index contributed by atoms with van der Waals surface area (Å²) in [5, 5.41) is 5.25. The molecule has 7 heteroatoms. The van der Waals surface area contributed by atoms with E-state index in [1.54, 1.807) is 18.2 Å². The lowest BCUT2D eigenvalue weighted by atomic mass is 10.1. The van der Waals surface area contributed by atoms with Crippen LogP contribution in [0.2, 0.25) is 0 Å². The molecule has 134 valence electrons. The van der Waals surface area contributed by atoms with Gasteiger partial charge in [0.15, 0.2) is 0 Å². The van der Waals surface area contributed by atoms with Crippen molar-refractivity contribution in [2.75, 3.05) is 18.4 Å². The number of carbonyl (C=O) groups is 1. The van der Waals surface area contributed by atoms with Crippen LogP contribution in [0.3, 0.4) is 0 Å². The summed E-state index contributed by atoms with van der Waals surface area (Å²) in [6, 6.07) is 11.4. The quantitative estimate of drug-likeness (QED) is 0.738. The normalized spacial score (nSPS) is 11.2. The second-order valence-electron chi connectivity index (χ2n) is 5.41. The van der Waals surface area contributed by atoms with E-state index in [1.165, 1.54) is 24.3 Å². The first kappa shape index (κ1) is 18.8. The maximum atomic E-state index is 13.4. The van der Waals surface area contributed by atoms with Gasteiger partial charge < -0.3 is 10.6 Å². The number of nitrogens with one attached hydrogen (secondary N) is 2. The highest BCUT2D eigenvalue weighted by Gasteiger charge is 2.32. The Morgan fingerprint density at radius 3 is 2.36 bits per heavy atom. The molecule has 0 bridgehead atoms. The van der Waals surface area contributed by atoms with Gasteiger partial charge in [-0.15, -0.1) is 0 Å². The number of carbonyl (C=O) groups excluding carboxylic acids is 1. The number of anilines is 1. The highest BCUT2D eigenvalue weighted by atomic mass is 19.4. The maximum absolute atomic E-state index is 13.4. The van der Waals surface area contributed by atoms with Crippen LogP contribution in [0.5, 0.6) is 0 Å². The van der Waals surface area contributed by atoms with Gasteiger partial charge in [-0.2, -0.15) is 13.2 Å². The van der Waals surface area contributed by atoms with E-state index < -0.39 is 11.7 Å². The van der Waals surface area contributed by atoms with Crippen molar-refractivity contribution in [3.05, 3.63) is 65.5 Å². The monoisotopic (exact) mass is 354 g/mol. The summed E-state index contributed by atoms with van der Waals surface area (Å²) in [6.45, 7) is 0.331. The fourth-order valence-corrected chi connectivity index (χ4v) is 2.32. The number of rotatable bonds is 7. The summed E-state index contributed by atoms with van der Waals surface area (Å²) in [4.78, 5) is 11.7. The molecular weight excluding hydrogens is 336 g/mol. The third kappa shape index (κ3) is 5.77. The van der Waals surface area contributed by atoms with E-state index in [0.717, 1.165) is 6.07 Å². The number of benzene rings is 2. The van der Waals surface area contributed by atoms with Gasteiger partial charge in [0, 0.05) is 25.2 Å². The van der Waals surface area contributed by atoms with Crippen LogP contribution in [0.25, 0.3) is 0 Å². The van der Waals surface area contributed by atoms with E-state index in [9.17, 15) is 22.4 Å². The van der Waals surface area contributed by atoms with Gasteiger partial charge in [0.2, 0.25) is 5.91 Å². The molecule has 1 amide bonds. The minimum Gasteiger partial charge on any atom is -0.384 e. The number of amides is 1. The van der Waals surface area contributed by atoms with E-state index in [4.69, 9.17) is 0 Å². The third-order valence-corrected chi connectivity index (χ3v) is 3.57. The van der Waals surface area contributed by atoms with Gasteiger partial charge in [-0.3, -0.25) is 4.79 Å². The summed E-state index contributed by atoms with van der Waals surface area (Å²) < 4.78 is 52.0. The Kier molecular flexibility index (Phi) is 6.38. The third-order valence-electron chi connectivity index (χ3n) is 3.57. The van der Waals surface area contributed by atoms with Crippen molar-refractivity contribution in [3.63, 3.8) is 0 Å². The van der Waals surface area contributed by atoms with Crippen molar-refractivity contribution in [2.45, 2.75) is 19.0 Å². The molecule has 0 radical (unpaired) electrons. The molecule has 0 atom stereocenters. The largest absolute Gasteiger partial charge is 0.418 e. The van der Waals surface area contributed by atoms with E-state index in [1.807, 2.05) is 0 Å². The zero-order chi connectivity index (χ0) is 18.3. The lowest BCUT2D eigenvalue weighted by Gasteiger charge is -2.14. The average molecular weight is 354 g/mol. The number of halogens is 4. The number of hydrogen-bond donors (Lipinski definition) is 2. The second-order valence-corrected chi connectivity index (χ2v) is 5.41. The molecule has 0 fully saturated rings. The van der Waals surface area contributed by atoms with Crippen molar-refractivity contribution in [1.82, 2.24) is 5.32 Å². The molecule has 0 aliphatic heterocycles.